The number of fused-ring (bicyclic) bond motifs is 1. The van der Waals surface area contributed by atoms with Crippen molar-refractivity contribution >= 4 is 0 Å². The molecule has 2 heterocycles. The van der Waals surface area contributed by atoms with Crippen molar-refractivity contribution in [3.05, 3.63) is 0 Å². The lowest BCUT2D eigenvalue weighted by Crippen LogP contribution is -2.71. The van der Waals surface area contributed by atoms with Crippen LogP contribution in [0, 0.1) is 0 Å². The molecule has 0 aromatic rings. The summed E-state index contributed by atoms with van der Waals surface area (Å²) in [5.41, 5.74) is 5.37. The molecule has 12 heavy (non-hydrogen) atoms. The van der Waals surface area contributed by atoms with Crippen LogP contribution in [0.15, 0.2) is 0 Å². The van der Waals surface area contributed by atoms with Crippen molar-refractivity contribution < 1.29 is 24.8 Å². The van der Waals surface area contributed by atoms with Crippen LogP contribution in [-0.2, 0) is 9.47 Å². The lowest BCUT2D eigenvalue weighted by molar-refractivity contribution is -0.390. The number of ether oxygens (including phenoxy) is 2. The van der Waals surface area contributed by atoms with Crippen LogP contribution < -0.4 is 5.73 Å². The van der Waals surface area contributed by atoms with Gasteiger partial charge in [-0.2, -0.15) is 0 Å². The van der Waals surface area contributed by atoms with Crippen LogP contribution in [0.25, 0.3) is 0 Å². The second-order valence-electron chi connectivity index (χ2n) is 3.05. The van der Waals surface area contributed by atoms with Gasteiger partial charge in [0, 0.05) is 0 Å². The van der Waals surface area contributed by atoms with Crippen LogP contribution in [-0.4, -0.2) is 52.3 Å². The number of hydrogen-bond acceptors (Lipinski definition) is 6. The van der Waals surface area contributed by atoms with Gasteiger partial charge in [0.25, 0.3) is 0 Å². The molecule has 0 spiro atoms. The van der Waals surface area contributed by atoms with E-state index in [2.05, 4.69) is 0 Å². The molecule has 6 atom stereocenters. The fraction of sp³-hybridized carbons (Fsp3) is 1.00. The maximum atomic E-state index is 9.35. The largest absolute Gasteiger partial charge is 0.388 e. The van der Waals surface area contributed by atoms with Gasteiger partial charge in [0.15, 0.2) is 12.6 Å². The summed E-state index contributed by atoms with van der Waals surface area (Å²) in [5, 5.41) is 27.4. The summed E-state index contributed by atoms with van der Waals surface area (Å²) >= 11 is 0. The van der Waals surface area contributed by atoms with Crippen LogP contribution in [0.5, 0.6) is 0 Å². The van der Waals surface area contributed by atoms with Crippen molar-refractivity contribution in [1.29, 1.82) is 0 Å². The first kappa shape index (κ1) is 8.36. The Morgan fingerprint density at radius 3 is 2.08 bits per heavy atom. The molecule has 6 unspecified atom stereocenters. The molecule has 0 saturated carbocycles. The van der Waals surface area contributed by atoms with Crippen LogP contribution in [0.2, 0.25) is 0 Å². The summed E-state index contributed by atoms with van der Waals surface area (Å²) < 4.78 is 9.64. The predicted molar refractivity (Wildman–Crippen MR) is 35.7 cm³/mol. The third kappa shape index (κ3) is 0.972. The highest BCUT2D eigenvalue weighted by molar-refractivity contribution is 4.98. The standard InChI is InChI=1S/C6H11NO5/c7-1-2(8)3-4(6(10)11-3)12-5(1)9/h1-6,8-10H,7H2. The minimum Gasteiger partial charge on any atom is -0.388 e. The molecule has 6 heteroatoms. The molecule has 2 rings (SSSR count). The maximum absolute atomic E-state index is 9.35. The summed E-state index contributed by atoms with van der Waals surface area (Å²) in [7, 11) is 0. The topological polar surface area (TPSA) is 105 Å². The molecule has 0 bridgehead atoms. The van der Waals surface area contributed by atoms with Crippen LogP contribution in [0.3, 0.4) is 0 Å². The molecule has 2 aliphatic heterocycles. The minimum absolute atomic E-state index is 0.613. The summed E-state index contributed by atoms with van der Waals surface area (Å²) in [6.45, 7) is 0. The first-order chi connectivity index (χ1) is 5.61. The van der Waals surface area contributed by atoms with Gasteiger partial charge in [-0.3, -0.25) is 0 Å². The molecule has 5 N–H and O–H groups in total. The maximum Gasteiger partial charge on any atom is 0.184 e. The molecule has 2 aliphatic rings. The van der Waals surface area contributed by atoms with Gasteiger partial charge < -0.3 is 30.5 Å². The van der Waals surface area contributed by atoms with Gasteiger partial charge in [-0.05, 0) is 0 Å². The lowest BCUT2D eigenvalue weighted by Gasteiger charge is -2.50. The monoisotopic (exact) mass is 177 g/mol. The van der Waals surface area contributed by atoms with Crippen LogP contribution in [0.1, 0.15) is 0 Å². The van der Waals surface area contributed by atoms with E-state index >= 15 is 0 Å². The molecule has 0 aliphatic carbocycles. The van der Waals surface area contributed by atoms with E-state index in [0.717, 1.165) is 0 Å². The van der Waals surface area contributed by atoms with Crippen molar-refractivity contribution in [1.82, 2.24) is 0 Å². The Morgan fingerprint density at radius 1 is 0.917 bits per heavy atom. The van der Waals surface area contributed by atoms with E-state index in [4.69, 9.17) is 25.4 Å². The van der Waals surface area contributed by atoms with Crippen LogP contribution in [0.4, 0.5) is 0 Å². The Hall–Kier alpha value is -0.240. The smallest absolute Gasteiger partial charge is 0.184 e. The van der Waals surface area contributed by atoms with E-state index in [1.54, 1.807) is 0 Å². The zero-order valence-electron chi connectivity index (χ0n) is 6.20. The SMILES string of the molecule is NC1C(O)OC2C(O)OC2C1O. The van der Waals surface area contributed by atoms with E-state index in [-0.39, 0.29) is 0 Å². The molecule has 6 nitrogen and oxygen atoms in total. The van der Waals surface area contributed by atoms with E-state index in [1.165, 1.54) is 0 Å². The van der Waals surface area contributed by atoms with Crippen molar-refractivity contribution in [2.24, 2.45) is 5.73 Å². The number of aliphatic hydroxyl groups excluding tert-OH is 3. The van der Waals surface area contributed by atoms with Crippen molar-refractivity contribution in [3.63, 3.8) is 0 Å². The van der Waals surface area contributed by atoms with Crippen LogP contribution >= 0.6 is 0 Å². The number of hydrogen-bond donors (Lipinski definition) is 4. The Labute approximate surface area is 68.5 Å². The molecule has 2 fully saturated rings. The predicted octanol–water partition coefficient (Wildman–Crippen LogP) is -2.89. The number of nitrogens with two attached hydrogens (primary N) is 1. The summed E-state index contributed by atoms with van der Waals surface area (Å²) in [5.74, 6) is 0. The highest BCUT2D eigenvalue weighted by Crippen LogP contribution is 2.32. The average Bonchev–Trinajstić information content (AvgIpc) is 2.05. The first-order valence-electron chi connectivity index (χ1n) is 3.72. The Morgan fingerprint density at radius 2 is 1.50 bits per heavy atom. The quantitative estimate of drug-likeness (QED) is 0.316. The van der Waals surface area contributed by atoms with Crippen molar-refractivity contribution in [2.75, 3.05) is 0 Å². The summed E-state index contributed by atoms with van der Waals surface area (Å²) in [6.07, 6.45) is -4.55. The highest BCUT2D eigenvalue weighted by Gasteiger charge is 2.54. The molecule has 0 amide bonds. The normalized spacial score (nSPS) is 59.0. The Bertz CT molecular complexity index is 187. The first-order valence-corrected chi connectivity index (χ1v) is 3.72. The molecule has 0 aromatic carbocycles. The fourth-order valence-electron chi connectivity index (χ4n) is 1.45. The van der Waals surface area contributed by atoms with Gasteiger partial charge in [-0.1, -0.05) is 0 Å². The molecule has 2 saturated heterocycles. The zero-order valence-corrected chi connectivity index (χ0v) is 6.20. The summed E-state index contributed by atoms with van der Waals surface area (Å²) in [6, 6.07) is -0.876. The van der Waals surface area contributed by atoms with Gasteiger partial charge in [0.2, 0.25) is 0 Å². The molecular formula is C6H11NO5. The van der Waals surface area contributed by atoms with E-state index in [0.29, 0.717) is 0 Å². The molecule has 0 aromatic heterocycles. The van der Waals surface area contributed by atoms with E-state index < -0.39 is 36.9 Å². The van der Waals surface area contributed by atoms with Crippen molar-refractivity contribution in [3.8, 4) is 0 Å². The van der Waals surface area contributed by atoms with E-state index in [1.807, 2.05) is 0 Å². The average molecular weight is 177 g/mol. The number of aliphatic hydroxyl groups is 3. The third-order valence-electron chi connectivity index (χ3n) is 2.26. The van der Waals surface area contributed by atoms with Crippen molar-refractivity contribution in [2.45, 2.75) is 36.9 Å². The lowest BCUT2D eigenvalue weighted by atomic mass is 9.93. The Balaban J connectivity index is 2.07. The molecule has 70 valence electrons. The highest BCUT2D eigenvalue weighted by atomic mass is 16.7. The van der Waals surface area contributed by atoms with Gasteiger partial charge in [-0.25, -0.2) is 0 Å². The second kappa shape index (κ2) is 2.63. The summed E-state index contributed by atoms with van der Waals surface area (Å²) in [4.78, 5) is 0. The van der Waals surface area contributed by atoms with Gasteiger partial charge in [-0.15, -0.1) is 0 Å². The number of rotatable bonds is 0. The van der Waals surface area contributed by atoms with Gasteiger partial charge in [0.05, 0.1) is 6.04 Å². The molecule has 0 radical (unpaired) electrons. The second-order valence-corrected chi connectivity index (χ2v) is 3.05. The van der Waals surface area contributed by atoms with Gasteiger partial charge in [0.1, 0.15) is 18.3 Å². The third-order valence-corrected chi connectivity index (χ3v) is 2.26. The van der Waals surface area contributed by atoms with Gasteiger partial charge >= 0.3 is 0 Å². The molecular weight excluding hydrogens is 166 g/mol. The van der Waals surface area contributed by atoms with E-state index in [9.17, 15) is 5.11 Å². The fourth-order valence-corrected chi connectivity index (χ4v) is 1.45. The Kier molecular flexibility index (Phi) is 1.83. The zero-order chi connectivity index (χ0) is 8.88. The minimum atomic E-state index is -1.24.